The fraction of sp³-hybridized carbons (Fsp3) is 0.0200. The van der Waals surface area contributed by atoms with Crippen molar-refractivity contribution in [1.29, 1.82) is 10.5 Å². The van der Waals surface area contributed by atoms with Crippen LogP contribution in [0, 0.1) is 22.7 Å². The summed E-state index contributed by atoms with van der Waals surface area (Å²) in [6.07, 6.45) is 3.75. The summed E-state index contributed by atoms with van der Waals surface area (Å²) in [5.41, 5.74) is 12.6. The van der Waals surface area contributed by atoms with E-state index in [1.807, 2.05) is 18.5 Å². The summed E-state index contributed by atoms with van der Waals surface area (Å²) < 4.78 is 2.28. The molecule has 55 heavy (non-hydrogen) atoms. The van der Waals surface area contributed by atoms with Gasteiger partial charge in [0.05, 0.1) is 51.1 Å². The molecule has 10 rings (SSSR count). The molecule has 9 aromatic rings. The Bertz CT molecular complexity index is 2880. The molecule has 256 valence electrons. The lowest BCUT2D eigenvalue weighted by Gasteiger charge is -2.46. The zero-order chi connectivity index (χ0) is 36.9. The third kappa shape index (κ3) is 4.81. The maximum absolute atomic E-state index is 10.4. The standard InChI is InChI=1S/C50H31N5/c51-31-34-23-24-35(32-52)42(27-34)36-28-39(54-46-20-10-7-17-41(46)43-33-53-26-25-47(43)54)30-40(29-36)55-48-21-11-8-18-44(48)50(37-13-3-1-4-14-37,38-15-5-2-6-16-38)45-19-9-12-22-49(45)55/h1-30,33H. The highest BCUT2D eigenvalue weighted by atomic mass is 15.2. The summed E-state index contributed by atoms with van der Waals surface area (Å²) in [7, 11) is 0. The van der Waals surface area contributed by atoms with Crippen molar-refractivity contribution in [3.63, 3.8) is 0 Å². The number of hydrogen-bond acceptors (Lipinski definition) is 4. The Morgan fingerprint density at radius 2 is 1.11 bits per heavy atom. The molecule has 3 heterocycles. The molecule has 0 unspecified atom stereocenters. The number of fused-ring (bicyclic) bond motifs is 5. The van der Waals surface area contributed by atoms with E-state index in [4.69, 9.17) is 0 Å². The van der Waals surface area contributed by atoms with E-state index in [1.165, 1.54) is 11.1 Å². The number of nitrogens with zero attached hydrogens (tertiary/aromatic N) is 5. The number of rotatable bonds is 5. The van der Waals surface area contributed by atoms with Crippen LogP contribution < -0.4 is 4.90 Å². The number of para-hydroxylation sites is 3. The van der Waals surface area contributed by atoms with Crippen molar-refractivity contribution < 1.29 is 0 Å². The Morgan fingerprint density at radius 1 is 0.509 bits per heavy atom. The lowest BCUT2D eigenvalue weighted by Crippen LogP contribution is -2.37. The molecule has 0 atom stereocenters. The molecule has 0 radical (unpaired) electrons. The van der Waals surface area contributed by atoms with Gasteiger partial charge in [0.1, 0.15) is 0 Å². The SMILES string of the molecule is N#Cc1ccc(C#N)c(-c2cc(N3c4ccccc4C(c4ccccc4)(c4ccccc4)c4ccccc43)cc(-n3c4ccccc4c4cnccc43)c2)c1. The van der Waals surface area contributed by atoms with Crippen LogP contribution in [0.4, 0.5) is 17.1 Å². The normalized spacial score (nSPS) is 12.8. The van der Waals surface area contributed by atoms with Crippen LogP contribution in [0.25, 0.3) is 38.6 Å². The van der Waals surface area contributed by atoms with E-state index in [9.17, 15) is 10.5 Å². The average Bonchev–Trinajstić information content (AvgIpc) is 3.60. The van der Waals surface area contributed by atoms with Crippen molar-refractivity contribution in [2.75, 3.05) is 4.90 Å². The van der Waals surface area contributed by atoms with Gasteiger partial charge >= 0.3 is 0 Å². The first-order chi connectivity index (χ1) is 27.2. The molecule has 2 aromatic heterocycles. The van der Waals surface area contributed by atoms with E-state index in [0.29, 0.717) is 16.7 Å². The smallest absolute Gasteiger partial charge is 0.0998 e. The van der Waals surface area contributed by atoms with Crippen molar-refractivity contribution in [2.24, 2.45) is 0 Å². The van der Waals surface area contributed by atoms with Crippen LogP contribution in [0.3, 0.4) is 0 Å². The lowest BCUT2D eigenvalue weighted by atomic mass is 9.62. The molecule has 0 saturated carbocycles. The number of benzene rings is 7. The van der Waals surface area contributed by atoms with Gasteiger partial charge in [0.25, 0.3) is 0 Å². The van der Waals surface area contributed by atoms with Crippen molar-refractivity contribution >= 4 is 38.9 Å². The molecule has 5 nitrogen and oxygen atoms in total. The van der Waals surface area contributed by atoms with Crippen LogP contribution in [0.15, 0.2) is 188 Å². The number of nitriles is 2. The van der Waals surface area contributed by atoms with Crippen LogP contribution >= 0.6 is 0 Å². The Balaban J connectivity index is 1.32. The lowest BCUT2D eigenvalue weighted by molar-refractivity contribution is 0.731. The average molecular weight is 702 g/mol. The van der Waals surface area contributed by atoms with Crippen LogP contribution in [0.5, 0.6) is 0 Å². The van der Waals surface area contributed by atoms with E-state index in [0.717, 1.165) is 61.2 Å². The van der Waals surface area contributed by atoms with Crippen LogP contribution in [-0.2, 0) is 5.41 Å². The Hall–Kier alpha value is -7.73. The Labute approximate surface area is 318 Å². The third-order valence-electron chi connectivity index (χ3n) is 11.0. The molecule has 0 fully saturated rings. The van der Waals surface area contributed by atoms with E-state index < -0.39 is 5.41 Å². The van der Waals surface area contributed by atoms with Crippen molar-refractivity contribution in [2.45, 2.75) is 5.41 Å². The second-order valence-electron chi connectivity index (χ2n) is 13.8. The molecule has 5 heteroatoms. The minimum Gasteiger partial charge on any atom is -0.310 e. The van der Waals surface area contributed by atoms with E-state index in [1.54, 1.807) is 12.1 Å². The molecule has 0 N–H and O–H groups in total. The summed E-state index contributed by atoms with van der Waals surface area (Å²) in [5.74, 6) is 0. The van der Waals surface area contributed by atoms with Gasteiger partial charge in [-0.1, -0.05) is 115 Å². The number of aromatic nitrogens is 2. The number of anilines is 3. The highest BCUT2D eigenvalue weighted by molar-refractivity contribution is 6.09. The maximum Gasteiger partial charge on any atom is 0.0998 e. The quantitative estimate of drug-likeness (QED) is 0.179. The molecule has 0 aliphatic carbocycles. The molecule has 0 saturated heterocycles. The third-order valence-corrected chi connectivity index (χ3v) is 11.0. The van der Waals surface area contributed by atoms with Crippen LogP contribution in [-0.4, -0.2) is 9.55 Å². The summed E-state index contributed by atoms with van der Waals surface area (Å²) in [5, 5.41) is 22.5. The van der Waals surface area contributed by atoms with Gasteiger partial charge < -0.3 is 9.47 Å². The molecule has 0 amide bonds. The monoisotopic (exact) mass is 701 g/mol. The second-order valence-corrected chi connectivity index (χ2v) is 13.8. The zero-order valence-electron chi connectivity index (χ0n) is 29.6. The number of hydrogen-bond donors (Lipinski definition) is 0. The minimum atomic E-state index is -0.610. The molecule has 0 bridgehead atoms. The van der Waals surface area contributed by atoms with Gasteiger partial charge in [0.15, 0.2) is 0 Å². The van der Waals surface area contributed by atoms with Crippen molar-refractivity contribution in [1.82, 2.24) is 9.55 Å². The van der Waals surface area contributed by atoms with Gasteiger partial charge in [-0.15, -0.1) is 0 Å². The highest BCUT2D eigenvalue weighted by Gasteiger charge is 2.46. The predicted molar refractivity (Wildman–Crippen MR) is 220 cm³/mol. The fourth-order valence-corrected chi connectivity index (χ4v) is 8.74. The van der Waals surface area contributed by atoms with Gasteiger partial charge in [0, 0.05) is 40.1 Å². The largest absolute Gasteiger partial charge is 0.310 e. The fourth-order valence-electron chi connectivity index (χ4n) is 8.74. The maximum atomic E-state index is 10.4. The Kier molecular flexibility index (Phi) is 7.40. The molecule has 1 aliphatic rings. The Morgan fingerprint density at radius 3 is 1.78 bits per heavy atom. The van der Waals surface area contributed by atoms with Gasteiger partial charge in [-0.05, 0) is 88.5 Å². The first-order valence-corrected chi connectivity index (χ1v) is 18.2. The summed E-state index contributed by atoms with van der Waals surface area (Å²) in [4.78, 5) is 6.85. The van der Waals surface area contributed by atoms with Gasteiger partial charge in [-0.25, -0.2) is 0 Å². The zero-order valence-corrected chi connectivity index (χ0v) is 29.6. The molecule has 7 aromatic carbocycles. The number of pyridine rings is 1. The first kappa shape index (κ1) is 32.0. The van der Waals surface area contributed by atoms with E-state index in [-0.39, 0.29) is 0 Å². The van der Waals surface area contributed by atoms with E-state index >= 15 is 0 Å². The molecule has 1 aliphatic heterocycles. The van der Waals surface area contributed by atoms with Gasteiger partial charge in [-0.3, -0.25) is 4.98 Å². The topological polar surface area (TPSA) is 68.6 Å². The first-order valence-electron chi connectivity index (χ1n) is 18.2. The molecular formula is C50H31N5. The minimum absolute atomic E-state index is 0.494. The summed E-state index contributed by atoms with van der Waals surface area (Å²) in [6, 6.07) is 65.9. The summed E-state index contributed by atoms with van der Waals surface area (Å²) >= 11 is 0. The predicted octanol–water partition coefficient (Wildman–Crippen LogP) is 11.8. The van der Waals surface area contributed by atoms with Gasteiger partial charge in [-0.2, -0.15) is 10.5 Å². The van der Waals surface area contributed by atoms with Crippen molar-refractivity contribution in [3.8, 4) is 29.0 Å². The van der Waals surface area contributed by atoms with Crippen LogP contribution in [0.2, 0.25) is 0 Å². The second kappa shape index (κ2) is 12.7. The molecular weight excluding hydrogens is 671 g/mol. The highest BCUT2D eigenvalue weighted by Crippen LogP contribution is 2.58. The molecule has 0 spiro atoms. The van der Waals surface area contributed by atoms with E-state index in [2.05, 4.69) is 184 Å². The van der Waals surface area contributed by atoms with Crippen LogP contribution in [0.1, 0.15) is 33.4 Å². The van der Waals surface area contributed by atoms with Gasteiger partial charge in [0.2, 0.25) is 0 Å². The summed E-state index contributed by atoms with van der Waals surface area (Å²) in [6.45, 7) is 0. The van der Waals surface area contributed by atoms with Crippen molar-refractivity contribution in [3.05, 3.63) is 222 Å².